The highest BCUT2D eigenvalue weighted by Gasteiger charge is 2.23. The van der Waals surface area contributed by atoms with Crippen molar-refractivity contribution in [3.05, 3.63) is 11.9 Å². The molecule has 2 nitrogen and oxygen atoms in total. The fraction of sp³-hybridized carbons (Fsp3) is 0.824. The van der Waals surface area contributed by atoms with Crippen molar-refractivity contribution in [3.8, 4) is 0 Å². The molecule has 1 N–H and O–H groups in total. The van der Waals surface area contributed by atoms with Crippen molar-refractivity contribution in [2.45, 2.75) is 84.1 Å². The first kappa shape index (κ1) is 17.2. The second kappa shape index (κ2) is 9.95. The number of amides is 1. The van der Waals surface area contributed by atoms with Crippen LogP contribution >= 0.6 is 0 Å². The van der Waals surface area contributed by atoms with Crippen molar-refractivity contribution in [2.24, 2.45) is 5.92 Å². The van der Waals surface area contributed by atoms with Crippen LogP contribution in [0.3, 0.4) is 0 Å². The molecule has 2 atom stereocenters. The van der Waals surface area contributed by atoms with Crippen molar-refractivity contribution < 1.29 is 9.18 Å². The Morgan fingerprint density at radius 3 is 2.55 bits per heavy atom. The molecule has 0 spiro atoms. The molecule has 0 radical (unpaired) electrons. The highest BCUT2D eigenvalue weighted by molar-refractivity contribution is 5.91. The number of nitrogens with one attached hydrogen (secondary N) is 1. The maximum absolute atomic E-state index is 13.6. The molecule has 0 saturated heterocycles. The number of carbonyl (C=O) groups is 1. The molecule has 116 valence electrons. The Kier molecular flexibility index (Phi) is 8.56. The predicted octanol–water partition coefficient (Wildman–Crippen LogP) is 4.90. The van der Waals surface area contributed by atoms with Crippen molar-refractivity contribution in [2.75, 3.05) is 0 Å². The summed E-state index contributed by atoms with van der Waals surface area (Å²) in [6.07, 6.45) is 12.3. The van der Waals surface area contributed by atoms with Crippen LogP contribution in [0, 0.1) is 5.92 Å². The highest BCUT2D eigenvalue weighted by Crippen LogP contribution is 2.24. The van der Waals surface area contributed by atoms with Crippen LogP contribution in [-0.2, 0) is 4.79 Å². The number of halogens is 1. The van der Waals surface area contributed by atoms with E-state index in [1.807, 2.05) is 0 Å². The van der Waals surface area contributed by atoms with Crippen molar-refractivity contribution in [3.63, 3.8) is 0 Å². The van der Waals surface area contributed by atoms with E-state index < -0.39 is 11.7 Å². The minimum atomic E-state index is -0.599. The minimum absolute atomic E-state index is 0.172. The standard InChI is InChI=1S/C17H30FNO/c1-3-4-5-6-7-8-9-10-16(18)17(20)19-15-12-11-14(2)13-15/h10,14-15H,3-9,11-13H2,1-2H3,(H,19,20)/b16-10+/t14-,15+/m0/s1. The quantitative estimate of drug-likeness (QED) is 0.473. The Balaban J connectivity index is 2.11. The van der Waals surface area contributed by atoms with Crippen molar-refractivity contribution in [1.29, 1.82) is 0 Å². The highest BCUT2D eigenvalue weighted by atomic mass is 19.1. The molecular formula is C17H30FNO. The van der Waals surface area contributed by atoms with Crippen LogP contribution in [0.15, 0.2) is 11.9 Å². The van der Waals surface area contributed by atoms with Crippen LogP contribution in [0.25, 0.3) is 0 Å². The van der Waals surface area contributed by atoms with Crippen LogP contribution in [0.4, 0.5) is 4.39 Å². The summed E-state index contributed by atoms with van der Waals surface area (Å²) < 4.78 is 13.6. The van der Waals surface area contributed by atoms with Crippen LogP contribution in [-0.4, -0.2) is 11.9 Å². The first-order chi connectivity index (χ1) is 9.63. The summed E-state index contributed by atoms with van der Waals surface area (Å²) in [6.45, 7) is 4.37. The van der Waals surface area contributed by atoms with E-state index in [4.69, 9.17) is 0 Å². The molecule has 1 amide bonds. The zero-order chi connectivity index (χ0) is 14.8. The maximum Gasteiger partial charge on any atom is 0.279 e. The monoisotopic (exact) mass is 283 g/mol. The summed E-state index contributed by atoms with van der Waals surface area (Å²) in [5.41, 5.74) is 0. The van der Waals surface area contributed by atoms with E-state index in [2.05, 4.69) is 19.2 Å². The molecule has 0 heterocycles. The lowest BCUT2D eigenvalue weighted by Gasteiger charge is -2.11. The minimum Gasteiger partial charge on any atom is -0.347 e. The molecule has 20 heavy (non-hydrogen) atoms. The molecule has 1 fully saturated rings. The first-order valence-electron chi connectivity index (χ1n) is 8.30. The number of unbranched alkanes of at least 4 members (excludes halogenated alkanes) is 6. The Labute approximate surface area is 123 Å². The van der Waals surface area contributed by atoms with E-state index >= 15 is 0 Å². The zero-order valence-electron chi connectivity index (χ0n) is 13.1. The maximum atomic E-state index is 13.6. The summed E-state index contributed by atoms with van der Waals surface area (Å²) in [7, 11) is 0. The topological polar surface area (TPSA) is 29.1 Å². The van der Waals surface area contributed by atoms with Crippen LogP contribution in [0.2, 0.25) is 0 Å². The largest absolute Gasteiger partial charge is 0.347 e. The van der Waals surface area contributed by atoms with E-state index in [-0.39, 0.29) is 6.04 Å². The van der Waals surface area contributed by atoms with Gasteiger partial charge in [0.1, 0.15) is 0 Å². The van der Waals surface area contributed by atoms with Gasteiger partial charge in [-0.15, -0.1) is 0 Å². The number of allylic oxidation sites excluding steroid dienone is 1. The molecule has 0 unspecified atom stereocenters. The van der Waals surface area contributed by atoms with Crippen LogP contribution < -0.4 is 5.32 Å². The lowest BCUT2D eigenvalue weighted by atomic mass is 10.1. The van der Waals surface area contributed by atoms with E-state index in [0.29, 0.717) is 12.3 Å². The SMILES string of the molecule is CCCCCCCC/C=C(/F)C(=O)N[C@@H]1CC[C@H](C)C1. The normalized spacial score (nSPS) is 23.1. The number of hydrogen-bond donors (Lipinski definition) is 1. The molecule has 1 saturated carbocycles. The third kappa shape index (κ3) is 7.06. The second-order valence-electron chi connectivity index (χ2n) is 6.20. The number of hydrogen-bond acceptors (Lipinski definition) is 1. The summed E-state index contributed by atoms with van der Waals surface area (Å²) in [5.74, 6) is -0.469. The van der Waals surface area contributed by atoms with Gasteiger partial charge >= 0.3 is 0 Å². The van der Waals surface area contributed by atoms with E-state index in [9.17, 15) is 9.18 Å². The van der Waals surface area contributed by atoms with E-state index in [1.54, 1.807) is 0 Å². The summed E-state index contributed by atoms with van der Waals surface area (Å²) in [6, 6.07) is 0.172. The number of carbonyl (C=O) groups excluding carboxylic acids is 1. The van der Waals surface area contributed by atoms with Crippen molar-refractivity contribution in [1.82, 2.24) is 5.32 Å². The molecule has 1 rings (SSSR count). The Morgan fingerprint density at radius 2 is 1.90 bits per heavy atom. The van der Waals surface area contributed by atoms with Gasteiger partial charge in [-0.2, -0.15) is 0 Å². The molecule has 0 aromatic heterocycles. The Morgan fingerprint density at radius 1 is 1.20 bits per heavy atom. The van der Waals surface area contributed by atoms with Gasteiger partial charge in [0.15, 0.2) is 5.83 Å². The van der Waals surface area contributed by atoms with Crippen LogP contribution in [0.1, 0.15) is 78.1 Å². The average Bonchev–Trinajstić information content (AvgIpc) is 2.82. The molecule has 0 aromatic rings. The van der Waals surface area contributed by atoms with Gasteiger partial charge in [0.05, 0.1) is 0 Å². The van der Waals surface area contributed by atoms with Gasteiger partial charge in [0, 0.05) is 6.04 Å². The van der Waals surface area contributed by atoms with Gasteiger partial charge in [-0.05, 0) is 44.1 Å². The smallest absolute Gasteiger partial charge is 0.279 e. The predicted molar refractivity (Wildman–Crippen MR) is 82.1 cm³/mol. The average molecular weight is 283 g/mol. The molecular weight excluding hydrogens is 253 g/mol. The van der Waals surface area contributed by atoms with Gasteiger partial charge < -0.3 is 5.32 Å². The fourth-order valence-corrected chi connectivity index (χ4v) is 2.84. The third-order valence-corrected chi connectivity index (χ3v) is 4.13. The molecule has 0 bridgehead atoms. The lowest BCUT2D eigenvalue weighted by molar-refractivity contribution is -0.119. The van der Waals surface area contributed by atoms with E-state index in [1.165, 1.54) is 31.8 Å². The van der Waals surface area contributed by atoms with Gasteiger partial charge in [0.2, 0.25) is 0 Å². The summed E-state index contributed by atoms with van der Waals surface area (Å²) in [5, 5.41) is 2.80. The first-order valence-corrected chi connectivity index (χ1v) is 8.30. The van der Waals surface area contributed by atoms with Gasteiger partial charge in [-0.25, -0.2) is 4.39 Å². The van der Waals surface area contributed by atoms with Crippen LogP contribution in [0.5, 0.6) is 0 Å². The van der Waals surface area contributed by atoms with Gasteiger partial charge in [-0.1, -0.05) is 46.0 Å². The summed E-state index contributed by atoms with van der Waals surface area (Å²) >= 11 is 0. The lowest BCUT2D eigenvalue weighted by Crippen LogP contribution is -2.33. The fourth-order valence-electron chi connectivity index (χ4n) is 2.84. The molecule has 1 aliphatic carbocycles. The van der Waals surface area contributed by atoms with Crippen molar-refractivity contribution >= 4 is 5.91 Å². The van der Waals surface area contributed by atoms with Gasteiger partial charge in [0.25, 0.3) is 5.91 Å². The zero-order valence-corrected chi connectivity index (χ0v) is 13.1. The summed E-state index contributed by atoms with van der Waals surface area (Å²) in [4.78, 5) is 11.7. The number of rotatable bonds is 9. The van der Waals surface area contributed by atoms with Gasteiger partial charge in [-0.3, -0.25) is 4.79 Å². The molecule has 0 aliphatic heterocycles. The Hall–Kier alpha value is -0.860. The third-order valence-electron chi connectivity index (χ3n) is 4.13. The second-order valence-corrected chi connectivity index (χ2v) is 6.20. The van der Waals surface area contributed by atoms with E-state index in [0.717, 1.165) is 32.1 Å². The molecule has 3 heteroatoms. The molecule has 0 aromatic carbocycles. The molecule has 1 aliphatic rings. The Bertz CT molecular complexity index is 314.